The molecule has 86 valence electrons. The molecule has 0 amide bonds. The number of anilines is 1. The third-order valence-corrected chi connectivity index (χ3v) is 3.05. The molecule has 4 heteroatoms. The molecule has 0 aliphatic rings. The maximum atomic E-state index is 5.86. The molecule has 4 nitrogen and oxygen atoms in total. The van der Waals surface area contributed by atoms with Gasteiger partial charge in [0.2, 0.25) is 0 Å². The zero-order valence-corrected chi connectivity index (χ0v) is 9.74. The van der Waals surface area contributed by atoms with Crippen molar-refractivity contribution in [3.05, 3.63) is 35.7 Å². The minimum absolute atomic E-state index is 0.565. The Morgan fingerprint density at radius 2 is 2.12 bits per heavy atom. The van der Waals surface area contributed by atoms with Gasteiger partial charge in [-0.05, 0) is 19.4 Å². The molecule has 0 radical (unpaired) electrons. The van der Waals surface area contributed by atoms with Crippen LogP contribution in [0.1, 0.15) is 11.3 Å². The number of nitrogen functional groups attached to an aromatic ring is 1. The van der Waals surface area contributed by atoms with Crippen molar-refractivity contribution >= 4 is 16.6 Å². The number of H-pyrrole nitrogens is 1. The van der Waals surface area contributed by atoms with Gasteiger partial charge in [-0.3, -0.25) is 0 Å². The van der Waals surface area contributed by atoms with Crippen LogP contribution in [0.15, 0.2) is 28.9 Å². The highest BCUT2D eigenvalue weighted by Gasteiger charge is 2.17. The number of para-hydroxylation sites is 1. The van der Waals surface area contributed by atoms with Crippen LogP contribution < -0.4 is 5.73 Å². The fourth-order valence-electron chi connectivity index (χ4n) is 2.22. The number of aryl methyl sites for hydroxylation is 2. The molecular formula is C13H13N3O. The first kappa shape index (κ1) is 9.96. The highest BCUT2D eigenvalue weighted by Crippen LogP contribution is 2.36. The van der Waals surface area contributed by atoms with Crippen LogP contribution in [0.4, 0.5) is 5.69 Å². The number of aromatic nitrogens is 2. The van der Waals surface area contributed by atoms with Gasteiger partial charge in [0.05, 0.1) is 11.8 Å². The van der Waals surface area contributed by atoms with Crippen LogP contribution in [0, 0.1) is 13.8 Å². The number of hydrogen-bond acceptors (Lipinski definition) is 3. The molecule has 0 saturated carbocycles. The highest BCUT2D eigenvalue weighted by atomic mass is 16.5. The van der Waals surface area contributed by atoms with Crippen LogP contribution in [0.25, 0.3) is 22.2 Å². The Kier molecular flexibility index (Phi) is 1.98. The Labute approximate surface area is 98.4 Å². The molecule has 3 rings (SSSR count). The van der Waals surface area contributed by atoms with Gasteiger partial charge in [-0.2, -0.15) is 0 Å². The Balaban J connectivity index is 2.41. The minimum Gasteiger partial charge on any atom is -0.394 e. The van der Waals surface area contributed by atoms with E-state index in [2.05, 4.69) is 29.2 Å². The van der Waals surface area contributed by atoms with E-state index in [1.54, 1.807) is 0 Å². The Bertz CT molecular complexity index is 694. The number of hydrogen-bond donors (Lipinski definition) is 2. The van der Waals surface area contributed by atoms with Crippen LogP contribution >= 0.6 is 0 Å². The Morgan fingerprint density at radius 3 is 2.82 bits per heavy atom. The molecule has 2 aromatic heterocycles. The van der Waals surface area contributed by atoms with Crippen LogP contribution in [-0.2, 0) is 0 Å². The van der Waals surface area contributed by atoms with Gasteiger partial charge in [-0.1, -0.05) is 23.4 Å². The van der Waals surface area contributed by atoms with E-state index in [4.69, 9.17) is 10.3 Å². The molecule has 0 bridgehead atoms. The SMILES string of the molecule is Cc1[nH]c2c(C)cccc2c1-c1oncc1N. The standard InChI is InChI=1S/C13H13N3O/c1-7-4-3-5-9-11(8(2)16-12(7)9)13-10(14)6-15-17-13/h3-6,16H,14H2,1-2H3. The molecule has 0 aliphatic heterocycles. The molecule has 1 aromatic carbocycles. The normalized spacial score (nSPS) is 11.2. The summed E-state index contributed by atoms with van der Waals surface area (Å²) < 4.78 is 5.24. The molecule has 0 saturated heterocycles. The molecule has 0 fully saturated rings. The summed E-state index contributed by atoms with van der Waals surface area (Å²) in [4.78, 5) is 3.37. The fraction of sp³-hybridized carbons (Fsp3) is 0.154. The van der Waals surface area contributed by atoms with E-state index < -0.39 is 0 Å². The topological polar surface area (TPSA) is 67.8 Å². The smallest absolute Gasteiger partial charge is 0.192 e. The van der Waals surface area contributed by atoms with Gasteiger partial charge < -0.3 is 15.2 Å². The molecule has 0 aliphatic carbocycles. The van der Waals surface area contributed by atoms with E-state index in [0.29, 0.717) is 11.4 Å². The van der Waals surface area contributed by atoms with Crippen LogP contribution in [-0.4, -0.2) is 10.1 Å². The van der Waals surface area contributed by atoms with Crippen molar-refractivity contribution in [2.24, 2.45) is 0 Å². The van der Waals surface area contributed by atoms with E-state index >= 15 is 0 Å². The lowest BCUT2D eigenvalue weighted by molar-refractivity contribution is 0.432. The first-order valence-corrected chi connectivity index (χ1v) is 5.47. The summed E-state index contributed by atoms with van der Waals surface area (Å²) in [5, 5.41) is 4.85. The van der Waals surface area contributed by atoms with E-state index in [1.165, 1.54) is 11.8 Å². The summed E-state index contributed by atoms with van der Waals surface area (Å²) in [5.74, 6) is 0.638. The average Bonchev–Trinajstić information content (AvgIpc) is 2.83. The number of nitrogens with zero attached hydrogens (tertiary/aromatic N) is 1. The molecule has 17 heavy (non-hydrogen) atoms. The van der Waals surface area contributed by atoms with Crippen molar-refractivity contribution in [3.63, 3.8) is 0 Å². The molecule has 2 heterocycles. The van der Waals surface area contributed by atoms with Gasteiger partial charge >= 0.3 is 0 Å². The summed E-state index contributed by atoms with van der Waals surface area (Å²) in [7, 11) is 0. The third kappa shape index (κ3) is 1.34. The lowest BCUT2D eigenvalue weighted by atomic mass is 10.1. The number of aromatic amines is 1. The molecule has 3 N–H and O–H groups in total. The predicted molar refractivity (Wildman–Crippen MR) is 67.7 cm³/mol. The predicted octanol–water partition coefficient (Wildman–Crippen LogP) is 3.02. The fourth-order valence-corrected chi connectivity index (χ4v) is 2.22. The molecular weight excluding hydrogens is 214 g/mol. The molecule has 0 spiro atoms. The van der Waals surface area contributed by atoms with E-state index in [0.717, 1.165) is 22.2 Å². The zero-order valence-electron chi connectivity index (χ0n) is 9.74. The minimum atomic E-state index is 0.565. The monoisotopic (exact) mass is 227 g/mol. The number of nitrogens with two attached hydrogens (primary N) is 1. The van der Waals surface area contributed by atoms with E-state index in [-0.39, 0.29) is 0 Å². The molecule has 0 unspecified atom stereocenters. The van der Waals surface area contributed by atoms with Crippen molar-refractivity contribution in [2.45, 2.75) is 13.8 Å². The van der Waals surface area contributed by atoms with E-state index in [9.17, 15) is 0 Å². The Hall–Kier alpha value is -2.23. The van der Waals surface area contributed by atoms with Gasteiger partial charge in [0.25, 0.3) is 0 Å². The zero-order chi connectivity index (χ0) is 12.0. The van der Waals surface area contributed by atoms with Crippen LogP contribution in [0.3, 0.4) is 0 Å². The van der Waals surface area contributed by atoms with E-state index in [1.807, 2.05) is 13.0 Å². The number of fused-ring (bicyclic) bond motifs is 1. The largest absolute Gasteiger partial charge is 0.394 e. The van der Waals surface area contributed by atoms with Crippen LogP contribution in [0.5, 0.6) is 0 Å². The highest BCUT2D eigenvalue weighted by molar-refractivity contribution is 5.99. The lowest BCUT2D eigenvalue weighted by Crippen LogP contribution is -1.85. The van der Waals surface area contributed by atoms with Gasteiger partial charge in [0.1, 0.15) is 5.69 Å². The van der Waals surface area contributed by atoms with Crippen molar-refractivity contribution in [2.75, 3.05) is 5.73 Å². The maximum absolute atomic E-state index is 5.86. The Morgan fingerprint density at radius 1 is 1.29 bits per heavy atom. The summed E-state index contributed by atoms with van der Waals surface area (Å²) >= 11 is 0. The van der Waals surface area contributed by atoms with Crippen LogP contribution in [0.2, 0.25) is 0 Å². The summed E-state index contributed by atoms with van der Waals surface area (Å²) in [6.07, 6.45) is 1.53. The molecule has 3 aromatic rings. The van der Waals surface area contributed by atoms with Gasteiger partial charge in [-0.25, -0.2) is 0 Å². The van der Waals surface area contributed by atoms with Crippen molar-refractivity contribution < 1.29 is 4.52 Å². The van der Waals surface area contributed by atoms with Crippen molar-refractivity contribution in [3.8, 4) is 11.3 Å². The first-order valence-electron chi connectivity index (χ1n) is 5.47. The van der Waals surface area contributed by atoms with Crippen molar-refractivity contribution in [1.29, 1.82) is 0 Å². The summed E-state index contributed by atoms with van der Waals surface area (Å²) in [6.45, 7) is 4.09. The second kappa shape index (κ2) is 3.38. The second-order valence-electron chi connectivity index (χ2n) is 4.23. The van der Waals surface area contributed by atoms with Crippen molar-refractivity contribution in [1.82, 2.24) is 10.1 Å². The second-order valence-corrected chi connectivity index (χ2v) is 4.23. The number of benzene rings is 1. The maximum Gasteiger partial charge on any atom is 0.192 e. The summed E-state index contributed by atoms with van der Waals surface area (Å²) in [6, 6.07) is 6.16. The van der Waals surface area contributed by atoms with Gasteiger partial charge in [-0.15, -0.1) is 0 Å². The lowest BCUT2D eigenvalue weighted by Gasteiger charge is -1.98. The van der Waals surface area contributed by atoms with Gasteiger partial charge in [0.15, 0.2) is 5.76 Å². The quantitative estimate of drug-likeness (QED) is 0.671. The van der Waals surface area contributed by atoms with Gasteiger partial charge in [0, 0.05) is 16.6 Å². The molecule has 0 atom stereocenters. The third-order valence-electron chi connectivity index (χ3n) is 3.05. The average molecular weight is 227 g/mol. The first-order chi connectivity index (χ1) is 8.18. The number of rotatable bonds is 1. The summed E-state index contributed by atoms with van der Waals surface area (Å²) in [5.41, 5.74) is 10.8. The number of nitrogens with one attached hydrogen (secondary N) is 1.